The van der Waals surface area contributed by atoms with Crippen LogP contribution >= 0.6 is 23.2 Å². The molecular weight excluding hydrogens is 251 g/mol. The number of hydrogen-bond donors (Lipinski definition) is 0. The van der Waals surface area contributed by atoms with E-state index in [0.29, 0.717) is 11.3 Å². The maximum Gasteiger partial charge on any atom is 0.0439 e. The molecule has 2 heteroatoms. The van der Waals surface area contributed by atoms with Crippen LogP contribution in [0.25, 0.3) is 5.57 Å². The molecule has 2 rings (SSSR count). The second-order valence-corrected chi connectivity index (χ2v) is 6.27. The van der Waals surface area contributed by atoms with Crippen molar-refractivity contribution in [1.29, 1.82) is 0 Å². The van der Waals surface area contributed by atoms with Crippen molar-refractivity contribution in [3.05, 3.63) is 40.4 Å². The summed E-state index contributed by atoms with van der Waals surface area (Å²) < 4.78 is 0. The smallest absolute Gasteiger partial charge is 0.0439 e. The van der Waals surface area contributed by atoms with E-state index in [4.69, 9.17) is 23.2 Å². The van der Waals surface area contributed by atoms with Gasteiger partial charge in [-0.05, 0) is 47.9 Å². The highest BCUT2D eigenvalue weighted by Crippen LogP contribution is 2.43. The molecule has 1 aliphatic rings. The molecule has 0 fully saturated rings. The van der Waals surface area contributed by atoms with Crippen LogP contribution in [0.3, 0.4) is 0 Å². The first-order valence-electron chi connectivity index (χ1n) is 6.05. The lowest BCUT2D eigenvalue weighted by atomic mass is 9.73. The Morgan fingerprint density at radius 1 is 1.18 bits per heavy atom. The molecule has 0 amide bonds. The SMILES string of the molecule is CC1(C)CCC(CCl)=C(c2ccc(Cl)cc2)C1. The van der Waals surface area contributed by atoms with E-state index in [2.05, 4.69) is 26.0 Å². The van der Waals surface area contributed by atoms with Gasteiger partial charge in [-0.3, -0.25) is 0 Å². The molecule has 92 valence electrons. The first kappa shape index (κ1) is 13.0. The third-order valence-corrected chi connectivity index (χ3v) is 4.11. The summed E-state index contributed by atoms with van der Waals surface area (Å²) >= 11 is 12.0. The Balaban J connectivity index is 2.39. The van der Waals surface area contributed by atoms with Gasteiger partial charge in [0, 0.05) is 10.9 Å². The van der Waals surface area contributed by atoms with E-state index in [-0.39, 0.29) is 0 Å². The molecule has 1 aliphatic carbocycles. The zero-order valence-electron chi connectivity index (χ0n) is 10.4. The van der Waals surface area contributed by atoms with Gasteiger partial charge in [-0.15, -0.1) is 11.6 Å². The fourth-order valence-corrected chi connectivity index (χ4v) is 2.86. The Bertz CT molecular complexity index is 427. The molecule has 0 nitrogen and oxygen atoms in total. The van der Waals surface area contributed by atoms with Crippen molar-refractivity contribution >= 4 is 28.8 Å². The summed E-state index contributed by atoms with van der Waals surface area (Å²) in [6, 6.07) is 8.12. The van der Waals surface area contributed by atoms with Gasteiger partial charge in [0.1, 0.15) is 0 Å². The number of alkyl halides is 1. The van der Waals surface area contributed by atoms with Crippen LogP contribution in [0.5, 0.6) is 0 Å². The monoisotopic (exact) mass is 268 g/mol. The summed E-state index contributed by atoms with van der Waals surface area (Å²) in [6.07, 6.45) is 3.46. The highest BCUT2D eigenvalue weighted by molar-refractivity contribution is 6.30. The third-order valence-electron chi connectivity index (χ3n) is 3.54. The van der Waals surface area contributed by atoms with Crippen molar-refractivity contribution in [2.75, 3.05) is 5.88 Å². The Kier molecular flexibility index (Phi) is 3.85. The summed E-state index contributed by atoms with van der Waals surface area (Å²) in [5, 5.41) is 0.789. The first-order valence-corrected chi connectivity index (χ1v) is 6.96. The van der Waals surface area contributed by atoms with Gasteiger partial charge in [0.05, 0.1) is 0 Å². The van der Waals surface area contributed by atoms with Crippen LogP contribution in [0, 0.1) is 5.41 Å². The summed E-state index contributed by atoms with van der Waals surface area (Å²) in [5.41, 5.74) is 4.48. The predicted molar refractivity (Wildman–Crippen MR) is 76.7 cm³/mol. The van der Waals surface area contributed by atoms with E-state index in [1.54, 1.807) is 0 Å². The van der Waals surface area contributed by atoms with Gasteiger partial charge in [-0.25, -0.2) is 0 Å². The van der Waals surface area contributed by atoms with Crippen molar-refractivity contribution in [1.82, 2.24) is 0 Å². The average molecular weight is 269 g/mol. The Hall–Kier alpha value is -0.460. The van der Waals surface area contributed by atoms with E-state index >= 15 is 0 Å². The zero-order valence-corrected chi connectivity index (χ0v) is 11.9. The molecule has 0 spiro atoms. The van der Waals surface area contributed by atoms with Crippen LogP contribution < -0.4 is 0 Å². The van der Waals surface area contributed by atoms with Gasteiger partial charge in [0.25, 0.3) is 0 Å². The van der Waals surface area contributed by atoms with Crippen molar-refractivity contribution < 1.29 is 0 Å². The van der Waals surface area contributed by atoms with Gasteiger partial charge in [0.15, 0.2) is 0 Å². The maximum absolute atomic E-state index is 6.07. The fraction of sp³-hybridized carbons (Fsp3) is 0.467. The topological polar surface area (TPSA) is 0 Å². The molecule has 0 saturated heterocycles. The fourth-order valence-electron chi connectivity index (χ4n) is 2.44. The zero-order chi connectivity index (χ0) is 12.5. The quantitative estimate of drug-likeness (QED) is 0.618. The molecule has 0 atom stereocenters. The van der Waals surface area contributed by atoms with Crippen LogP contribution in [0.1, 0.15) is 38.7 Å². The molecule has 0 radical (unpaired) electrons. The number of benzene rings is 1. The highest BCUT2D eigenvalue weighted by Gasteiger charge is 2.27. The van der Waals surface area contributed by atoms with E-state index in [1.165, 1.54) is 23.1 Å². The van der Waals surface area contributed by atoms with Crippen LogP contribution in [-0.4, -0.2) is 5.88 Å². The minimum atomic E-state index is 0.379. The number of rotatable bonds is 2. The van der Waals surface area contributed by atoms with Gasteiger partial charge in [-0.1, -0.05) is 43.2 Å². The molecule has 0 heterocycles. The summed E-state index contributed by atoms with van der Waals surface area (Å²) in [5.74, 6) is 0.647. The molecule has 0 aliphatic heterocycles. The maximum atomic E-state index is 6.07. The van der Waals surface area contributed by atoms with Crippen LogP contribution in [-0.2, 0) is 0 Å². The Labute approximate surface area is 114 Å². The van der Waals surface area contributed by atoms with Gasteiger partial charge >= 0.3 is 0 Å². The predicted octanol–water partition coefficient (Wildman–Crippen LogP) is 5.54. The van der Waals surface area contributed by atoms with Gasteiger partial charge < -0.3 is 0 Å². The van der Waals surface area contributed by atoms with Crippen molar-refractivity contribution in [3.63, 3.8) is 0 Å². The van der Waals surface area contributed by atoms with E-state index < -0.39 is 0 Å². The van der Waals surface area contributed by atoms with E-state index in [0.717, 1.165) is 17.9 Å². The lowest BCUT2D eigenvalue weighted by Crippen LogP contribution is -2.18. The van der Waals surface area contributed by atoms with E-state index in [1.807, 2.05) is 12.1 Å². The third kappa shape index (κ3) is 3.05. The molecule has 1 aromatic rings. The summed E-state index contributed by atoms with van der Waals surface area (Å²) in [6.45, 7) is 4.65. The van der Waals surface area contributed by atoms with Crippen LogP contribution in [0.2, 0.25) is 5.02 Å². The second-order valence-electron chi connectivity index (χ2n) is 5.56. The molecular formula is C15H18Cl2. The first-order chi connectivity index (χ1) is 8.02. The average Bonchev–Trinajstić information content (AvgIpc) is 2.29. The molecule has 17 heavy (non-hydrogen) atoms. The molecule has 0 saturated carbocycles. The van der Waals surface area contributed by atoms with Crippen LogP contribution in [0.4, 0.5) is 0 Å². The molecule has 0 unspecified atom stereocenters. The highest BCUT2D eigenvalue weighted by atomic mass is 35.5. The molecule has 1 aromatic carbocycles. The lowest BCUT2D eigenvalue weighted by molar-refractivity contribution is 0.332. The van der Waals surface area contributed by atoms with Crippen molar-refractivity contribution in [3.8, 4) is 0 Å². The minimum absolute atomic E-state index is 0.379. The van der Waals surface area contributed by atoms with E-state index in [9.17, 15) is 0 Å². The molecule has 0 bridgehead atoms. The Morgan fingerprint density at radius 2 is 1.82 bits per heavy atom. The summed E-state index contributed by atoms with van der Waals surface area (Å²) in [4.78, 5) is 0. The number of allylic oxidation sites excluding steroid dienone is 2. The summed E-state index contributed by atoms with van der Waals surface area (Å²) in [7, 11) is 0. The minimum Gasteiger partial charge on any atom is -0.122 e. The van der Waals surface area contributed by atoms with Crippen LogP contribution in [0.15, 0.2) is 29.8 Å². The van der Waals surface area contributed by atoms with Gasteiger partial charge in [-0.2, -0.15) is 0 Å². The second kappa shape index (κ2) is 5.04. The number of hydrogen-bond acceptors (Lipinski definition) is 0. The Morgan fingerprint density at radius 3 is 2.41 bits per heavy atom. The van der Waals surface area contributed by atoms with Crippen molar-refractivity contribution in [2.24, 2.45) is 5.41 Å². The number of halogens is 2. The molecule has 0 N–H and O–H groups in total. The van der Waals surface area contributed by atoms with Gasteiger partial charge in [0.2, 0.25) is 0 Å². The van der Waals surface area contributed by atoms with Crippen molar-refractivity contribution in [2.45, 2.75) is 33.1 Å². The normalized spacial score (nSPS) is 19.5. The largest absolute Gasteiger partial charge is 0.122 e. The lowest BCUT2D eigenvalue weighted by Gasteiger charge is -2.33. The molecule has 0 aromatic heterocycles. The standard InChI is InChI=1S/C15H18Cl2/c1-15(2)8-7-12(10-16)14(9-15)11-3-5-13(17)6-4-11/h3-6H,7-10H2,1-2H3.